The van der Waals surface area contributed by atoms with Crippen molar-refractivity contribution in [3.05, 3.63) is 64.2 Å². The summed E-state index contributed by atoms with van der Waals surface area (Å²) in [5, 5.41) is 13.3. The van der Waals surface area contributed by atoms with Crippen molar-refractivity contribution in [1.29, 1.82) is 0 Å². The molecule has 0 aliphatic rings. The third kappa shape index (κ3) is 4.07. The molecule has 0 saturated carbocycles. The van der Waals surface area contributed by atoms with E-state index in [2.05, 4.69) is 17.5 Å². The minimum atomic E-state index is -1.07. The molecular weight excluding hydrogens is 288 g/mol. The first-order valence-electron chi connectivity index (χ1n) is 6.51. The van der Waals surface area contributed by atoms with Gasteiger partial charge in [-0.3, -0.25) is 5.43 Å². The molecule has 0 atom stereocenters. The highest BCUT2D eigenvalue weighted by atomic mass is 35.5. The third-order valence-electron chi connectivity index (χ3n) is 2.99. The topological polar surface area (TPSA) is 61.7 Å². The third-order valence-corrected chi connectivity index (χ3v) is 3.32. The van der Waals surface area contributed by atoms with Gasteiger partial charge in [0.1, 0.15) is 0 Å². The minimum Gasteiger partial charge on any atom is -0.478 e. The molecule has 4 nitrogen and oxygen atoms in total. The standard InChI is InChI=1S/C16H15ClN2O2/c1-2-11-3-5-12(6-4-11)10-18-19-13-7-8-15(17)14(9-13)16(20)21/h3-10,19H,2H2,1H3,(H,20,21)/b18-10+. The molecule has 2 aromatic carbocycles. The Morgan fingerprint density at radius 1 is 1.29 bits per heavy atom. The highest BCUT2D eigenvalue weighted by Crippen LogP contribution is 2.20. The van der Waals surface area contributed by atoms with E-state index >= 15 is 0 Å². The predicted molar refractivity (Wildman–Crippen MR) is 85.4 cm³/mol. The Morgan fingerprint density at radius 3 is 2.62 bits per heavy atom. The zero-order valence-electron chi connectivity index (χ0n) is 11.5. The molecule has 0 aliphatic heterocycles. The van der Waals surface area contributed by atoms with Crippen molar-refractivity contribution in [2.45, 2.75) is 13.3 Å². The van der Waals surface area contributed by atoms with E-state index in [1.165, 1.54) is 17.7 Å². The van der Waals surface area contributed by atoms with Crippen LogP contribution < -0.4 is 5.43 Å². The highest BCUT2D eigenvalue weighted by molar-refractivity contribution is 6.33. The van der Waals surface area contributed by atoms with Crippen LogP contribution in [0.25, 0.3) is 0 Å². The van der Waals surface area contributed by atoms with Gasteiger partial charge < -0.3 is 5.11 Å². The second kappa shape index (κ2) is 6.90. The minimum absolute atomic E-state index is 0.0455. The fourth-order valence-corrected chi connectivity index (χ4v) is 1.98. The van der Waals surface area contributed by atoms with Gasteiger partial charge in [0, 0.05) is 0 Å². The Kier molecular flexibility index (Phi) is 4.95. The molecule has 0 bridgehead atoms. The Labute approximate surface area is 128 Å². The maximum atomic E-state index is 11.0. The number of carboxylic acids is 1. The number of hydrogen-bond acceptors (Lipinski definition) is 3. The normalized spacial score (nSPS) is 10.8. The summed E-state index contributed by atoms with van der Waals surface area (Å²) in [6.07, 6.45) is 2.67. The average molecular weight is 303 g/mol. The van der Waals surface area contributed by atoms with Gasteiger partial charge in [-0.25, -0.2) is 4.79 Å². The molecule has 0 radical (unpaired) electrons. The molecule has 2 N–H and O–H groups in total. The van der Waals surface area contributed by atoms with Gasteiger partial charge in [-0.15, -0.1) is 0 Å². The lowest BCUT2D eigenvalue weighted by atomic mass is 10.1. The molecule has 0 unspecified atom stereocenters. The van der Waals surface area contributed by atoms with Crippen molar-refractivity contribution >= 4 is 29.5 Å². The summed E-state index contributed by atoms with van der Waals surface area (Å²) >= 11 is 5.80. The number of nitrogens with one attached hydrogen (secondary N) is 1. The zero-order chi connectivity index (χ0) is 15.2. The van der Waals surface area contributed by atoms with Crippen LogP contribution in [0.1, 0.15) is 28.4 Å². The second-order valence-electron chi connectivity index (χ2n) is 4.46. The largest absolute Gasteiger partial charge is 0.478 e. The van der Waals surface area contributed by atoms with E-state index in [9.17, 15) is 4.79 Å². The number of hydrazone groups is 1. The Morgan fingerprint density at radius 2 is 2.00 bits per heavy atom. The van der Waals surface area contributed by atoms with Crippen LogP contribution in [0.2, 0.25) is 5.02 Å². The number of aryl methyl sites for hydroxylation is 1. The van der Waals surface area contributed by atoms with Crippen molar-refractivity contribution in [3.63, 3.8) is 0 Å². The SMILES string of the molecule is CCc1ccc(/C=N/Nc2ccc(Cl)c(C(=O)O)c2)cc1. The van der Waals surface area contributed by atoms with Gasteiger partial charge in [0.25, 0.3) is 0 Å². The van der Waals surface area contributed by atoms with E-state index < -0.39 is 5.97 Å². The van der Waals surface area contributed by atoms with Crippen molar-refractivity contribution in [2.75, 3.05) is 5.43 Å². The van der Waals surface area contributed by atoms with Crippen molar-refractivity contribution < 1.29 is 9.90 Å². The number of aromatic carboxylic acids is 1. The number of benzene rings is 2. The van der Waals surface area contributed by atoms with Crippen LogP contribution in [-0.2, 0) is 6.42 Å². The van der Waals surface area contributed by atoms with Crippen LogP contribution in [-0.4, -0.2) is 17.3 Å². The van der Waals surface area contributed by atoms with E-state index in [0.717, 1.165) is 12.0 Å². The number of carboxylic acid groups (broad SMARTS) is 1. The van der Waals surface area contributed by atoms with Gasteiger partial charge in [0.15, 0.2) is 0 Å². The summed E-state index contributed by atoms with van der Waals surface area (Å²) in [4.78, 5) is 11.0. The number of rotatable bonds is 5. The van der Waals surface area contributed by atoms with Gasteiger partial charge in [-0.1, -0.05) is 42.8 Å². The number of nitrogens with zero attached hydrogens (tertiary/aromatic N) is 1. The van der Waals surface area contributed by atoms with Crippen LogP contribution in [0.15, 0.2) is 47.6 Å². The highest BCUT2D eigenvalue weighted by Gasteiger charge is 2.08. The molecule has 21 heavy (non-hydrogen) atoms. The van der Waals surface area contributed by atoms with E-state index in [1.807, 2.05) is 24.3 Å². The van der Waals surface area contributed by atoms with Crippen LogP contribution in [0, 0.1) is 0 Å². The van der Waals surface area contributed by atoms with Gasteiger partial charge in [-0.2, -0.15) is 5.10 Å². The molecule has 108 valence electrons. The summed E-state index contributed by atoms with van der Waals surface area (Å²) in [6, 6.07) is 12.7. The first-order valence-corrected chi connectivity index (χ1v) is 6.89. The van der Waals surface area contributed by atoms with Crippen molar-refractivity contribution in [2.24, 2.45) is 5.10 Å². The maximum Gasteiger partial charge on any atom is 0.337 e. The van der Waals surface area contributed by atoms with Gasteiger partial charge >= 0.3 is 5.97 Å². The van der Waals surface area contributed by atoms with Crippen LogP contribution in [0.5, 0.6) is 0 Å². The Hall–Kier alpha value is -2.33. The summed E-state index contributed by atoms with van der Waals surface area (Å²) in [6.45, 7) is 2.10. The monoisotopic (exact) mass is 302 g/mol. The molecule has 0 spiro atoms. The number of halogens is 1. The Balaban J connectivity index is 2.06. The van der Waals surface area contributed by atoms with E-state index in [1.54, 1.807) is 12.3 Å². The predicted octanol–water partition coefficient (Wildman–Crippen LogP) is 4.05. The van der Waals surface area contributed by atoms with Crippen molar-refractivity contribution in [3.8, 4) is 0 Å². The van der Waals surface area contributed by atoms with E-state index in [0.29, 0.717) is 5.69 Å². The second-order valence-corrected chi connectivity index (χ2v) is 4.87. The molecular formula is C16H15ClN2O2. The van der Waals surface area contributed by atoms with Gasteiger partial charge in [0.2, 0.25) is 0 Å². The van der Waals surface area contributed by atoms with Crippen molar-refractivity contribution in [1.82, 2.24) is 0 Å². The quantitative estimate of drug-likeness (QED) is 0.647. The smallest absolute Gasteiger partial charge is 0.337 e. The first kappa shape index (κ1) is 15.1. The first-order chi connectivity index (χ1) is 10.1. The Bertz CT molecular complexity index is 666. The zero-order valence-corrected chi connectivity index (χ0v) is 12.3. The van der Waals surface area contributed by atoms with Crippen LogP contribution in [0.4, 0.5) is 5.69 Å². The summed E-state index contributed by atoms with van der Waals surface area (Å²) in [5.74, 6) is -1.07. The summed E-state index contributed by atoms with van der Waals surface area (Å²) in [5.41, 5.74) is 5.64. The van der Waals surface area contributed by atoms with Gasteiger partial charge in [-0.05, 0) is 35.7 Å². The fraction of sp³-hybridized carbons (Fsp3) is 0.125. The molecule has 0 fully saturated rings. The van der Waals surface area contributed by atoms with E-state index in [-0.39, 0.29) is 10.6 Å². The molecule has 0 saturated heterocycles. The average Bonchev–Trinajstić information content (AvgIpc) is 2.49. The lowest BCUT2D eigenvalue weighted by Gasteiger charge is -2.03. The lowest BCUT2D eigenvalue weighted by molar-refractivity contribution is 0.0697. The lowest BCUT2D eigenvalue weighted by Crippen LogP contribution is -1.99. The molecule has 0 aliphatic carbocycles. The maximum absolute atomic E-state index is 11.0. The molecule has 2 aromatic rings. The molecule has 5 heteroatoms. The fourth-order valence-electron chi connectivity index (χ4n) is 1.78. The van der Waals surface area contributed by atoms with Crippen LogP contribution in [0.3, 0.4) is 0 Å². The number of carbonyl (C=O) groups is 1. The van der Waals surface area contributed by atoms with Gasteiger partial charge in [0.05, 0.1) is 22.5 Å². The molecule has 0 aromatic heterocycles. The number of hydrogen-bond donors (Lipinski definition) is 2. The molecule has 2 rings (SSSR count). The van der Waals surface area contributed by atoms with Crippen LogP contribution >= 0.6 is 11.6 Å². The molecule has 0 amide bonds. The molecule has 0 heterocycles. The van der Waals surface area contributed by atoms with E-state index in [4.69, 9.17) is 16.7 Å². The summed E-state index contributed by atoms with van der Waals surface area (Å²) < 4.78 is 0. The number of anilines is 1. The summed E-state index contributed by atoms with van der Waals surface area (Å²) in [7, 11) is 0.